The van der Waals surface area contributed by atoms with Crippen molar-refractivity contribution in [1.29, 1.82) is 0 Å². The Balaban J connectivity index is 2.00. The van der Waals surface area contributed by atoms with Crippen LogP contribution in [0.3, 0.4) is 0 Å². The van der Waals surface area contributed by atoms with E-state index in [-0.39, 0.29) is 17.7 Å². The predicted octanol–water partition coefficient (Wildman–Crippen LogP) is 5.93. The Bertz CT molecular complexity index is 789. The summed E-state index contributed by atoms with van der Waals surface area (Å²) < 4.78 is 17.1. The summed E-state index contributed by atoms with van der Waals surface area (Å²) in [6, 6.07) is 13.3. The number of hydrogen-bond acceptors (Lipinski definition) is 5. The summed E-state index contributed by atoms with van der Waals surface area (Å²) in [5, 5.41) is 2.81. The third-order valence-electron chi connectivity index (χ3n) is 5.40. The lowest BCUT2D eigenvalue weighted by Crippen LogP contribution is -2.42. The average molecular weight is 431 g/mol. The molecule has 0 spiro atoms. The van der Waals surface area contributed by atoms with Gasteiger partial charge in [0.2, 0.25) is 0 Å². The minimum absolute atomic E-state index is 0.0995. The quantitative estimate of drug-likeness (QED) is 0.499. The largest absolute Gasteiger partial charge is 0.444 e. The van der Waals surface area contributed by atoms with Crippen LogP contribution in [0.2, 0.25) is 18.1 Å². The van der Waals surface area contributed by atoms with Crippen molar-refractivity contribution >= 4 is 20.1 Å². The van der Waals surface area contributed by atoms with Crippen LogP contribution >= 0.6 is 0 Å². The topological polar surface area (TPSA) is 69.7 Å². The highest BCUT2D eigenvalue weighted by atomic mass is 28.4. The molecule has 0 aliphatic rings. The van der Waals surface area contributed by atoms with E-state index in [9.17, 15) is 4.79 Å². The third-order valence-corrected chi connectivity index (χ3v) is 9.89. The molecule has 2 rings (SSSR count). The number of ether oxygens (including phenoxy) is 2. The first-order valence-electron chi connectivity index (χ1n) is 10.2. The van der Waals surface area contributed by atoms with Crippen molar-refractivity contribution in [3.63, 3.8) is 0 Å². The minimum Gasteiger partial charge on any atom is -0.444 e. The van der Waals surface area contributed by atoms with Gasteiger partial charge in [0.15, 0.2) is 8.32 Å². The van der Waals surface area contributed by atoms with E-state index in [2.05, 4.69) is 44.2 Å². The fourth-order valence-corrected chi connectivity index (χ4v) is 3.87. The van der Waals surface area contributed by atoms with Gasteiger partial charge in [-0.15, -0.1) is 0 Å². The molecule has 1 aromatic carbocycles. The molecule has 0 bridgehead atoms. The van der Waals surface area contributed by atoms with Crippen LogP contribution in [-0.2, 0) is 20.5 Å². The maximum absolute atomic E-state index is 12.0. The standard InChI is InChI=1S/C23H34N2O4Si/c1-23(2,3)30(5,6)29-21(14-15-27-4)20-13-12-19(16-24-20)25-22(26)28-17-18-10-8-7-9-11-18/h7-13,16,21H,14-15,17H2,1-6H3,(H,25,26). The van der Waals surface area contributed by atoms with E-state index >= 15 is 0 Å². The van der Waals surface area contributed by atoms with Crippen LogP contribution in [0.25, 0.3) is 0 Å². The van der Waals surface area contributed by atoms with Crippen LogP contribution in [0.4, 0.5) is 10.5 Å². The SMILES string of the molecule is COCCC(O[Si](C)(C)C(C)(C)C)c1ccc(NC(=O)OCc2ccccc2)cn1. The zero-order valence-corrected chi connectivity index (χ0v) is 19.9. The number of anilines is 1. The van der Waals surface area contributed by atoms with Crippen molar-refractivity contribution < 1.29 is 18.7 Å². The van der Waals surface area contributed by atoms with Gasteiger partial charge in [0.25, 0.3) is 0 Å². The van der Waals surface area contributed by atoms with E-state index in [4.69, 9.17) is 13.9 Å². The fraction of sp³-hybridized carbons (Fsp3) is 0.478. The van der Waals surface area contributed by atoms with Gasteiger partial charge in [0.05, 0.1) is 23.7 Å². The molecule has 6 nitrogen and oxygen atoms in total. The van der Waals surface area contributed by atoms with Crippen molar-refractivity contribution in [3.05, 3.63) is 59.9 Å². The summed E-state index contributed by atoms with van der Waals surface area (Å²) in [7, 11) is -0.283. The average Bonchev–Trinajstić information content (AvgIpc) is 2.70. The Morgan fingerprint density at radius 2 is 1.83 bits per heavy atom. The molecule has 0 saturated carbocycles. The van der Waals surface area contributed by atoms with Crippen LogP contribution < -0.4 is 5.32 Å². The van der Waals surface area contributed by atoms with Gasteiger partial charge in [-0.25, -0.2) is 4.79 Å². The molecule has 2 aromatic rings. The maximum atomic E-state index is 12.0. The number of benzene rings is 1. The van der Waals surface area contributed by atoms with Gasteiger partial charge in [-0.3, -0.25) is 10.3 Å². The molecule has 7 heteroatoms. The molecule has 30 heavy (non-hydrogen) atoms. The molecular weight excluding hydrogens is 396 g/mol. The highest BCUT2D eigenvalue weighted by Gasteiger charge is 2.39. The first-order valence-corrected chi connectivity index (χ1v) is 13.1. The number of pyridine rings is 1. The third kappa shape index (κ3) is 7.23. The number of nitrogens with one attached hydrogen (secondary N) is 1. The van der Waals surface area contributed by atoms with E-state index in [1.807, 2.05) is 42.5 Å². The molecule has 0 aliphatic carbocycles. The second-order valence-corrected chi connectivity index (χ2v) is 13.6. The number of amides is 1. The van der Waals surface area contributed by atoms with Crippen LogP contribution in [-0.4, -0.2) is 33.1 Å². The predicted molar refractivity (Wildman–Crippen MR) is 122 cm³/mol. The number of carbonyl (C=O) groups is 1. The molecule has 164 valence electrons. The highest BCUT2D eigenvalue weighted by Crippen LogP contribution is 2.40. The summed E-state index contributed by atoms with van der Waals surface area (Å²) in [4.78, 5) is 16.6. The second kappa shape index (κ2) is 10.7. The summed E-state index contributed by atoms with van der Waals surface area (Å²) in [6.45, 7) is 11.9. The van der Waals surface area contributed by atoms with E-state index < -0.39 is 14.4 Å². The molecule has 1 atom stereocenters. The number of aromatic nitrogens is 1. The van der Waals surface area contributed by atoms with Gasteiger partial charge in [0.1, 0.15) is 6.61 Å². The number of methoxy groups -OCH3 is 1. The monoisotopic (exact) mass is 430 g/mol. The Morgan fingerprint density at radius 1 is 1.13 bits per heavy atom. The second-order valence-electron chi connectivity index (χ2n) is 8.81. The van der Waals surface area contributed by atoms with Gasteiger partial charge in [0, 0.05) is 20.1 Å². The first kappa shape index (κ1) is 24.1. The molecule has 1 amide bonds. The number of hydrogen-bond donors (Lipinski definition) is 1. The number of carbonyl (C=O) groups excluding carboxylic acids is 1. The van der Waals surface area contributed by atoms with Crippen molar-refractivity contribution in [1.82, 2.24) is 4.98 Å². The summed E-state index contributed by atoms with van der Waals surface area (Å²) in [6.07, 6.45) is 1.70. The smallest absolute Gasteiger partial charge is 0.412 e. The lowest BCUT2D eigenvalue weighted by atomic mass is 10.2. The zero-order valence-electron chi connectivity index (χ0n) is 18.9. The zero-order chi connectivity index (χ0) is 22.2. The van der Waals surface area contributed by atoms with Gasteiger partial charge in [-0.1, -0.05) is 51.1 Å². The van der Waals surface area contributed by atoms with Crippen molar-refractivity contribution in [3.8, 4) is 0 Å². The molecular formula is C23H34N2O4Si. The lowest BCUT2D eigenvalue weighted by molar-refractivity contribution is 0.113. The summed E-state index contributed by atoms with van der Waals surface area (Å²) in [5.74, 6) is 0. The molecule has 0 radical (unpaired) electrons. The van der Waals surface area contributed by atoms with Crippen LogP contribution in [0, 0.1) is 0 Å². The Morgan fingerprint density at radius 3 is 2.40 bits per heavy atom. The molecule has 0 saturated heterocycles. The van der Waals surface area contributed by atoms with Gasteiger partial charge in [-0.2, -0.15) is 0 Å². The van der Waals surface area contributed by atoms with E-state index in [1.165, 1.54) is 0 Å². The Hall–Kier alpha value is -2.22. The molecule has 1 aromatic heterocycles. The van der Waals surface area contributed by atoms with Crippen molar-refractivity contribution in [2.75, 3.05) is 19.0 Å². The highest BCUT2D eigenvalue weighted by molar-refractivity contribution is 6.74. The molecule has 1 heterocycles. The summed E-state index contributed by atoms with van der Waals surface area (Å²) >= 11 is 0. The molecule has 1 unspecified atom stereocenters. The minimum atomic E-state index is -1.97. The number of nitrogens with zero attached hydrogens (tertiary/aromatic N) is 1. The lowest BCUT2D eigenvalue weighted by Gasteiger charge is -2.39. The fourth-order valence-electron chi connectivity index (χ4n) is 2.57. The van der Waals surface area contributed by atoms with Gasteiger partial charge in [-0.05, 0) is 35.8 Å². The van der Waals surface area contributed by atoms with Crippen LogP contribution in [0.15, 0.2) is 48.7 Å². The van der Waals surface area contributed by atoms with Crippen LogP contribution in [0.5, 0.6) is 0 Å². The Kier molecular flexibility index (Phi) is 8.58. The number of rotatable bonds is 9. The van der Waals surface area contributed by atoms with Crippen molar-refractivity contribution in [2.24, 2.45) is 0 Å². The maximum Gasteiger partial charge on any atom is 0.412 e. The molecule has 1 N–H and O–H groups in total. The first-order chi connectivity index (χ1) is 14.1. The van der Waals surface area contributed by atoms with E-state index in [0.717, 1.165) is 17.7 Å². The van der Waals surface area contributed by atoms with E-state index in [1.54, 1.807) is 13.3 Å². The van der Waals surface area contributed by atoms with Gasteiger partial charge >= 0.3 is 6.09 Å². The van der Waals surface area contributed by atoms with Gasteiger partial charge < -0.3 is 13.9 Å². The Labute approximate surface area is 181 Å². The normalized spacial score (nSPS) is 13.0. The van der Waals surface area contributed by atoms with Crippen molar-refractivity contribution in [2.45, 2.75) is 58.0 Å². The van der Waals surface area contributed by atoms with E-state index in [0.29, 0.717) is 12.3 Å². The summed E-state index contributed by atoms with van der Waals surface area (Å²) in [5.41, 5.74) is 2.35. The van der Waals surface area contributed by atoms with Crippen LogP contribution in [0.1, 0.15) is 44.6 Å². The molecule has 0 aliphatic heterocycles. The molecule has 0 fully saturated rings.